The Morgan fingerprint density at radius 1 is 1.11 bits per heavy atom. The summed E-state index contributed by atoms with van der Waals surface area (Å²) in [5.74, 6) is 0.981. The molecule has 3 N–H and O–H groups in total. The number of nitrogen functional groups attached to an aromatic ring is 1. The number of carbonyl (C=O) groups excluding carboxylic acids is 1. The van der Waals surface area contributed by atoms with Crippen molar-refractivity contribution < 1.29 is 9.53 Å². The van der Waals surface area contributed by atoms with Crippen molar-refractivity contribution in [2.45, 2.75) is 32.6 Å². The highest BCUT2D eigenvalue weighted by atomic mass is 16.5. The largest absolute Gasteiger partial charge is 0.492 e. The van der Waals surface area contributed by atoms with E-state index in [0.29, 0.717) is 13.0 Å². The second-order valence-corrected chi connectivity index (χ2v) is 7.28. The van der Waals surface area contributed by atoms with Gasteiger partial charge in [-0.05, 0) is 69.1 Å². The number of nitrogens with one attached hydrogen (secondary N) is 1. The van der Waals surface area contributed by atoms with Crippen molar-refractivity contribution in [3.8, 4) is 5.75 Å². The Bertz CT molecular complexity index is 787. The maximum absolute atomic E-state index is 11.6. The Hall–Kier alpha value is -2.53. The summed E-state index contributed by atoms with van der Waals surface area (Å²) in [4.78, 5) is 13.9. The second kappa shape index (κ2) is 8.91. The summed E-state index contributed by atoms with van der Waals surface area (Å²) in [6.45, 7) is 4.55. The van der Waals surface area contributed by atoms with Gasteiger partial charge in [0.1, 0.15) is 12.4 Å². The molecular weight excluding hydrogens is 338 g/mol. The number of aryl methyl sites for hydroxylation is 2. The topological polar surface area (TPSA) is 67.6 Å². The number of amides is 1. The molecule has 1 heterocycles. The fourth-order valence-corrected chi connectivity index (χ4v) is 3.40. The number of anilines is 2. The van der Waals surface area contributed by atoms with Crippen LogP contribution in [0.4, 0.5) is 11.4 Å². The van der Waals surface area contributed by atoms with Crippen LogP contribution >= 0.6 is 0 Å². The molecule has 5 nitrogen and oxygen atoms in total. The quantitative estimate of drug-likeness (QED) is 0.702. The number of fused-ring (bicyclic) bond motifs is 1. The van der Waals surface area contributed by atoms with Crippen LogP contribution in [-0.2, 0) is 17.6 Å². The van der Waals surface area contributed by atoms with Gasteiger partial charge in [-0.2, -0.15) is 0 Å². The Labute approximate surface area is 161 Å². The highest BCUT2D eigenvalue weighted by molar-refractivity contribution is 5.95. The number of likely N-dealkylation sites (N-methyl/N-ethyl adjacent to an activating group) is 1. The Morgan fingerprint density at radius 2 is 1.89 bits per heavy atom. The van der Waals surface area contributed by atoms with Gasteiger partial charge in [0.25, 0.3) is 0 Å². The maximum Gasteiger partial charge on any atom is 0.224 e. The van der Waals surface area contributed by atoms with Crippen LogP contribution in [0, 0.1) is 6.92 Å². The SMILES string of the molecule is Cc1ccc(OCCN(C)CCCc2ccc(N)cc2)c2c1NC(=O)CC2. The molecule has 144 valence electrons. The first kappa shape index (κ1) is 19.2. The van der Waals surface area contributed by atoms with Gasteiger partial charge in [0.15, 0.2) is 0 Å². The van der Waals surface area contributed by atoms with Crippen molar-refractivity contribution in [2.75, 3.05) is 37.8 Å². The van der Waals surface area contributed by atoms with E-state index in [1.54, 1.807) is 0 Å². The van der Waals surface area contributed by atoms with E-state index in [1.807, 2.05) is 31.2 Å². The number of hydrogen-bond acceptors (Lipinski definition) is 4. The number of rotatable bonds is 8. The van der Waals surface area contributed by atoms with Crippen molar-refractivity contribution in [3.05, 3.63) is 53.1 Å². The third-order valence-corrected chi connectivity index (χ3v) is 5.06. The molecule has 0 saturated heterocycles. The van der Waals surface area contributed by atoms with Crippen LogP contribution in [-0.4, -0.2) is 37.6 Å². The molecular formula is C22H29N3O2. The van der Waals surface area contributed by atoms with Gasteiger partial charge in [-0.15, -0.1) is 0 Å². The first-order valence-corrected chi connectivity index (χ1v) is 9.61. The molecule has 3 rings (SSSR count). The molecule has 0 atom stereocenters. The van der Waals surface area contributed by atoms with E-state index < -0.39 is 0 Å². The van der Waals surface area contributed by atoms with Crippen molar-refractivity contribution in [3.63, 3.8) is 0 Å². The van der Waals surface area contributed by atoms with Crippen LogP contribution < -0.4 is 15.8 Å². The van der Waals surface area contributed by atoms with Gasteiger partial charge < -0.3 is 20.7 Å². The molecule has 0 spiro atoms. The lowest BCUT2D eigenvalue weighted by Gasteiger charge is -2.23. The predicted molar refractivity (Wildman–Crippen MR) is 110 cm³/mol. The number of benzene rings is 2. The van der Waals surface area contributed by atoms with Crippen LogP contribution in [0.1, 0.15) is 29.5 Å². The van der Waals surface area contributed by atoms with E-state index in [9.17, 15) is 4.79 Å². The Balaban J connectivity index is 1.43. The average Bonchev–Trinajstić information content (AvgIpc) is 2.65. The molecule has 0 aliphatic carbocycles. The zero-order valence-corrected chi connectivity index (χ0v) is 16.3. The van der Waals surface area contributed by atoms with E-state index >= 15 is 0 Å². The molecule has 1 amide bonds. The van der Waals surface area contributed by atoms with Gasteiger partial charge >= 0.3 is 0 Å². The number of nitrogens with zero attached hydrogens (tertiary/aromatic N) is 1. The molecule has 5 heteroatoms. The minimum atomic E-state index is 0.0867. The van der Waals surface area contributed by atoms with Gasteiger partial charge in [0, 0.05) is 24.2 Å². The van der Waals surface area contributed by atoms with Crippen molar-refractivity contribution in [2.24, 2.45) is 0 Å². The zero-order chi connectivity index (χ0) is 19.2. The van der Waals surface area contributed by atoms with E-state index in [-0.39, 0.29) is 5.91 Å². The van der Waals surface area contributed by atoms with Gasteiger partial charge in [-0.25, -0.2) is 0 Å². The van der Waals surface area contributed by atoms with Crippen LogP contribution in [0.15, 0.2) is 36.4 Å². The zero-order valence-electron chi connectivity index (χ0n) is 16.3. The van der Waals surface area contributed by atoms with E-state index in [1.165, 1.54) is 5.56 Å². The molecule has 27 heavy (non-hydrogen) atoms. The van der Waals surface area contributed by atoms with Gasteiger partial charge in [0.05, 0.1) is 5.69 Å². The fraction of sp³-hybridized carbons (Fsp3) is 0.409. The van der Waals surface area contributed by atoms with Gasteiger partial charge in [0.2, 0.25) is 5.91 Å². The molecule has 1 aliphatic rings. The lowest BCUT2D eigenvalue weighted by Crippen LogP contribution is -2.26. The van der Waals surface area contributed by atoms with Crippen LogP contribution in [0.3, 0.4) is 0 Å². The van der Waals surface area contributed by atoms with E-state index in [0.717, 1.165) is 60.6 Å². The highest BCUT2D eigenvalue weighted by Crippen LogP contribution is 2.33. The molecule has 2 aromatic rings. The normalized spacial score (nSPS) is 13.4. The second-order valence-electron chi connectivity index (χ2n) is 7.28. The van der Waals surface area contributed by atoms with Crippen molar-refractivity contribution in [1.29, 1.82) is 0 Å². The lowest BCUT2D eigenvalue weighted by atomic mass is 9.98. The maximum atomic E-state index is 11.6. The van der Waals surface area contributed by atoms with E-state index in [2.05, 4.69) is 29.4 Å². The lowest BCUT2D eigenvalue weighted by molar-refractivity contribution is -0.116. The molecule has 1 aliphatic heterocycles. The average molecular weight is 367 g/mol. The number of hydrogen-bond donors (Lipinski definition) is 2. The molecule has 0 aromatic heterocycles. The predicted octanol–water partition coefficient (Wildman–Crippen LogP) is 3.41. The summed E-state index contributed by atoms with van der Waals surface area (Å²) >= 11 is 0. The smallest absolute Gasteiger partial charge is 0.224 e. The van der Waals surface area contributed by atoms with Gasteiger partial charge in [-0.3, -0.25) is 4.79 Å². The summed E-state index contributed by atoms with van der Waals surface area (Å²) in [5.41, 5.74) is 11.0. The third-order valence-electron chi connectivity index (χ3n) is 5.06. The molecule has 0 saturated carbocycles. The number of ether oxygens (including phenoxy) is 1. The Kier molecular flexibility index (Phi) is 6.35. The van der Waals surface area contributed by atoms with Gasteiger partial charge in [-0.1, -0.05) is 18.2 Å². The molecule has 0 radical (unpaired) electrons. The van der Waals surface area contributed by atoms with Crippen molar-refractivity contribution in [1.82, 2.24) is 4.90 Å². The summed E-state index contributed by atoms with van der Waals surface area (Å²) in [5, 5.41) is 2.98. The minimum Gasteiger partial charge on any atom is -0.492 e. The first-order valence-electron chi connectivity index (χ1n) is 9.61. The number of nitrogens with two attached hydrogens (primary N) is 1. The standard InChI is InChI=1S/C22H29N3O2/c1-16-5-11-20(19-10-12-21(26)24-22(16)19)27-15-14-25(2)13-3-4-17-6-8-18(23)9-7-17/h5-9,11H,3-4,10,12-15,23H2,1-2H3,(H,24,26). The summed E-state index contributed by atoms with van der Waals surface area (Å²) in [7, 11) is 2.12. The summed E-state index contributed by atoms with van der Waals surface area (Å²) in [6.07, 6.45) is 3.43. The van der Waals surface area contributed by atoms with Crippen LogP contribution in [0.5, 0.6) is 5.75 Å². The third kappa shape index (κ3) is 5.23. The molecule has 0 bridgehead atoms. The van der Waals surface area contributed by atoms with Crippen molar-refractivity contribution >= 4 is 17.3 Å². The molecule has 2 aromatic carbocycles. The highest BCUT2D eigenvalue weighted by Gasteiger charge is 2.20. The van der Waals surface area contributed by atoms with E-state index in [4.69, 9.17) is 10.5 Å². The fourth-order valence-electron chi connectivity index (χ4n) is 3.40. The number of carbonyl (C=O) groups is 1. The summed E-state index contributed by atoms with van der Waals surface area (Å²) < 4.78 is 6.04. The Morgan fingerprint density at radius 3 is 2.67 bits per heavy atom. The van der Waals surface area contributed by atoms with Crippen LogP contribution in [0.25, 0.3) is 0 Å². The summed E-state index contributed by atoms with van der Waals surface area (Å²) in [6, 6.07) is 12.1. The monoisotopic (exact) mass is 367 g/mol. The minimum absolute atomic E-state index is 0.0867. The molecule has 0 fully saturated rings. The molecule has 0 unspecified atom stereocenters. The van der Waals surface area contributed by atoms with Crippen LogP contribution in [0.2, 0.25) is 0 Å². The first-order chi connectivity index (χ1) is 13.0.